The number of hydrogen-bond acceptors (Lipinski definition) is 4. The number of carbonyl (C=O) groups is 3. The minimum Gasteiger partial charge on any atom is -0.354 e. The number of benzene rings is 1. The summed E-state index contributed by atoms with van der Waals surface area (Å²) in [6.07, 6.45) is 3.10. The van der Waals surface area contributed by atoms with Crippen molar-refractivity contribution < 1.29 is 14.4 Å². The molecule has 28 heavy (non-hydrogen) atoms. The van der Waals surface area contributed by atoms with Crippen molar-refractivity contribution >= 4 is 23.5 Å². The summed E-state index contributed by atoms with van der Waals surface area (Å²) in [6, 6.07) is 6.60. The van der Waals surface area contributed by atoms with Crippen molar-refractivity contribution in [3.8, 4) is 0 Å². The molecule has 8 nitrogen and oxygen atoms in total. The highest BCUT2D eigenvalue weighted by Crippen LogP contribution is 2.21. The lowest BCUT2D eigenvalue weighted by molar-refractivity contribution is -0.121. The van der Waals surface area contributed by atoms with Crippen LogP contribution in [0.3, 0.4) is 0 Å². The van der Waals surface area contributed by atoms with Gasteiger partial charge in [-0.1, -0.05) is 6.07 Å². The fraction of sp³-hybridized carbons (Fsp3) is 0.550. The van der Waals surface area contributed by atoms with Gasteiger partial charge < -0.3 is 26.6 Å². The van der Waals surface area contributed by atoms with Crippen molar-refractivity contribution in [3.63, 3.8) is 0 Å². The first-order valence-corrected chi connectivity index (χ1v) is 9.86. The summed E-state index contributed by atoms with van der Waals surface area (Å²) in [5.41, 5.74) is 6.48. The second-order valence-electron chi connectivity index (χ2n) is 7.32. The smallest absolute Gasteiger partial charge is 0.319 e. The van der Waals surface area contributed by atoms with E-state index < -0.39 is 0 Å². The minimum atomic E-state index is -0.307. The molecule has 1 aromatic carbocycles. The molecule has 8 heteroatoms. The van der Waals surface area contributed by atoms with Crippen LogP contribution in [0.1, 0.15) is 49.9 Å². The van der Waals surface area contributed by atoms with E-state index in [2.05, 4.69) is 16.0 Å². The first-order valence-electron chi connectivity index (χ1n) is 9.86. The molecule has 1 unspecified atom stereocenters. The van der Waals surface area contributed by atoms with Gasteiger partial charge in [0.2, 0.25) is 5.91 Å². The number of urea groups is 1. The van der Waals surface area contributed by atoms with Crippen molar-refractivity contribution in [2.45, 2.75) is 51.6 Å². The zero-order chi connectivity index (χ0) is 20.5. The Hall–Kier alpha value is -2.61. The SMILES string of the molecule is CC(C)NC(=O)Nc1cccc(C(=O)N2CCCCC2CNC(=O)CCN)c1. The molecule has 0 spiro atoms. The Morgan fingerprint density at radius 3 is 2.75 bits per heavy atom. The Bertz CT molecular complexity index is 692. The Balaban J connectivity index is 2.04. The number of piperidine rings is 1. The predicted molar refractivity (Wildman–Crippen MR) is 109 cm³/mol. The molecule has 4 amide bonds. The molecular weight excluding hydrogens is 358 g/mol. The minimum absolute atomic E-state index is 0.0217. The second-order valence-corrected chi connectivity index (χ2v) is 7.32. The number of amides is 4. The molecule has 2 rings (SSSR count). The average Bonchev–Trinajstić information content (AvgIpc) is 2.66. The van der Waals surface area contributed by atoms with E-state index in [4.69, 9.17) is 5.73 Å². The lowest BCUT2D eigenvalue weighted by Crippen LogP contribution is -2.49. The van der Waals surface area contributed by atoms with Crippen LogP contribution >= 0.6 is 0 Å². The molecule has 0 aliphatic carbocycles. The van der Waals surface area contributed by atoms with Gasteiger partial charge in [0, 0.05) is 49.4 Å². The number of nitrogens with one attached hydrogen (secondary N) is 3. The number of nitrogens with zero attached hydrogens (tertiary/aromatic N) is 1. The van der Waals surface area contributed by atoms with E-state index in [1.807, 2.05) is 18.7 Å². The van der Waals surface area contributed by atoms with Crippen LogP contribution in [-0.2, 0) is 4.79 Å². The molecule has 0 saturated carbocycles. The molecule has 1 fully saturated rings. The summed E-state index contributed by atoms with van der Waals surface area (Å²) in [5, 5.41) is 8.37. The second kappa shape index (κ2) is 10.7. The maximum Gasteiger partial charge on any atom is 0.319 e. The van der Waals surface area contributed by atoms with Gasteiger partial charge in [-0.3, -0.25) is 9.59 Å². The topological polar surface area (TPSA) is 117 Å². The van der Waals surface area contributed by atoms with Crippen LogP contribution in [0.5, 0.6) is 0 Å². The number of carbonyl (C=O) groups excluding carboxylic acids is 3. The van der Waals surface area contributed by atoms with Crippen molar-refractivity contribution in [2.75, 3.05) is 25.0 Å². The number of anilines is 1. The van der Waals surface area contributed by atoms with Gasteiger partial charge in [-0.05, 0) is 51.3 Å². The summed E-state index contributed by atoms with van der Waals surface area (Å²) in [7, 11) is 0. The lowest BCUT2D eigenvalue weighted by Gasteiger charge is -2.36. The zero-order valence-electron chi connectivity index (χ0n) is 16.7. The third-order valence-electron chi connectivity index (χ3n) is 4.58. The van der Waals surface area contributed by atoms with Gasteiger partial charge in [0.15, 0.2) is 0 Å². The van der Waals surface area contributed by atoms with Crippen molar-refractivity contribution in [2.24, 2.45) is 5.73 Å². The van der Waals surface area contributed by atoms with Crippen molar-refractivity contribution in [1.82, 2.24) is 15.5 Å². The highest BCUT2D eigenvalue weighted by Gasteiger charge is 2.27. The van der Waals surface area contributed by atoms with E-state index in [-0.39, 0.29) is 36.3 Å². The lowest BCUT2D eigenvalue weighted by atomic mass is 10.0. The van der Waals surface area contributed by atoms with E-state index in [1.54, 1.807) is 24.3 Å². The molecule has 1 heterocycles. The van der Waals surface area contributed by atoms with Gasteiger partial charge in [-0.25, -0.2) is 4.79 Å². The van der Waals surface area contributed by atoms with Gasteiger partial charge >= 0.3 is 6.03 Å². The summed E-state index contributed by atoms with van der Waals surface area (Å²) < 4.78 is 0. The standard InChI is InChI=1S/C20H31N5O3/c1-14(2)23-20(28)24-16-7-5-6-15(12-16)19(27)25-11-4-3-8-17(25)13-22-18(26)9-10-21/h5-7,12,14,17H,3-4,8-11,13,21H2,1-2H3,(H,22,26)(H2,23,24,28). The number of likely N-dealkylation sites (tertiary alicyclic amines) is 1. The van der Waals surface area contributed by atoms with Crippen LogP contribution in [0.2, 0.25) is 0 Å². The molecule has 1 aliphatic rings. The Morgan fingerprint density at radius 1 is 1.25 bits per heavy atom. The van der Waals surface area contributed by atoms with Gasteiger partial charge in [-0.15, -0.1) is 0 Å². The zero-order valence-corrected chi connectivity index (χ0v) is 16.7. The maximum atomic E-state index is 13.1. The number of hydrogen-bond donors (Lipinski definition) is 4. The number of rotatable bonds is 7. The number of nitrogens with two attached hydrogens (primary N) is 1. The summed E-state index contributed by atoms with van der Waals surface area (Å²) in [4.78, 5) is 38.5. The van der Waals surface area contributed by atoms with E-state index >= 15 is 0 Å². The first-order chi connectivity index (χ1) is 13.4. The fourth-order valence-electron chi connectivity index (χ4n) is 3.26. The molecule has 0 aromatic heterocycles. The molecule has 0 bridgehead atoms. The molecule has 0 radical (unpaired) electrons. The van der Waals surface area contributed by atoms with E-state index in [1.165, 1.54) is 0 Å². The molecule has 154 valence electrons. The summed E-state index contributed by atoms with van der Waals surface area (Å²) in [6.45, 7) is 5.15. The average molecular weight is 390 g/mol. The predicted octanol–water partition coefficient (Wildman–Crippen LogP) is 1.68. The molecule has 1 aromatic rings. The molecule has 1 saturated heterocycles. The van der Waals surface area contributed by atoms with E-state index in [0.717, 1.165) is 19.3 Å². The highest BCUT2D eigenvalue weighted by molar-refractivity contribution is 5.97. The third kappa shape index (κ3) is 6.53. The largest absolute Gasteiger partial charge is 0.354 e. The van der Waals surface area contributed by atoms with E-state index in [9.17, 15) is 14.4 Å². The van der Waals surface area contributed by atoms with Crippen LogP contribution in [0.4, 0.5) is 10.5 Å². The van der Waals surface area contributed by atoms with Crippen LogP contribution in [-0.4, -0.2) is 54.5 Å². The summed E-state index contributed by atoms with van der Waals surface area (Å²) >= 11 is 0. The Labute approximate surface area is 166 Å². The molecule has 5 N–H and O–H groups in total. The Kier molecular flexibility index (Phi) is 8.25. The van der Waals surface area contributed by atoms with E-state index in [0.29, 0.717) is 30.9 Å². The maximum absolute atomic E-state index is 13.1. The fourth-order valence-corrected chi connectivity index (χ4v) is 3.26. The molecular formula is C20H31N5O3. The third-order valence-corrected chi connectivity index (χ3v) is 4.58. The van der Waals surface area contributed by atoms with Gasteiger partial charge in [0.25, 0.3) is 5.91 Å². The summed E-state index contributed by atoms with van der Waals surface area (Å²) in [5.74, 6) is -0.187. The van der Waals surface area contributed by atoms with Crippen LogP contribution in [0, 0.1) is 0 Å². The normalized spacial score (nSPS) is 16.6. The van der Waals surface area contributed by atoms with Gasteiger partial charge in [0.1, 0.15) is 0 Å². The Morgan fingerprint density at radius 2 is 2.04 bits per heavy atom. The van der Waals surface area contributed by atoms with Gasteiger partial charge in [-0.2, -0.15) is 0 Å². The monoisotopic (exact) mass is 389 g/mol. The van der Waals surface area contributed by atoms with Crippen LogP contribution in [0.25, 0.3) is 0 Å². The first kappa shape index (κ1) is 21.7. The highest BCUT2D eigenvalue weighted by atomic mass is 16.2. The van der Waals surface area contributed by atoms with Crippen molar-refractivity contribution in [3.05, 3.63) is 29.8 Å². The van der Waals surface area contributed by atoms with Crippen LogP contribution in [0.15, 0.2) is 24.3 Å². The van der Waals surface area contributed by atoms with Crippen LogP contribution < -0.4 is 21.7 Å². The molecule has 1 aliphatic heterocycles. The molecule has 1 atom stereocenters. The van der Waals surface area contributed by atoms with Gasteiger partial charge in [0.05, 0.1) is 0 Å². The quantitative estimate of drug-likeness (QED) is 0.567. The van der Waals surface area contributed by atoms with Crippen molar-refractivity contribution in [1.29, 1.82) is 0 Å².